The molecule has 0 radical (unpaired) electrons. The molecule has 4 nitrogen and oxygen atoms in total. The maximum atomic E-state index is 13.0. The summed E-state index contributed by atoms with van der Waals surface area (Å²) < 4.78 is 50.1. The molecule has 1 aliphatic heterocycles. The first-order chi connectivity index (χ1) is 11.8. The normalized spacial score (nSPS) is 15.9. The summed E-state index contributed by atoms with van der Waals surface area (Å²) in [5, 5.41) is 2.75. The number of carbonyl (C=O) groups is 2. The molecule has 1 saturated heterocycles. The molecule has 1 aliphatic rings. The fourth-order valence-electron chi connectivity index (χ4n) is 2.82. The lowest BCUT2D eigenvalue weighted by Gasteiger charge is -2.32. The summed E-state index contributed by atoms with van der Waals surface area (Å²) in [5.74, 6) is -2.28. The third-order valence-corrected chi connectivity index (χ3v) is 4.26. The molecule has 1 aromatic rings. The molecule has 0 aliphatic carbocycles. The molecule has 2 amide bonds. The summed E-state index contributed by atoms with van der Waals surface area (Å²) in [4.78, 5) is 23.8. The summed E-state index contributed by atoms with van der Waals surface area (Å²) in [6, 6.07) is 6.03. The van der Waals surface area contributed by atoms with E-state index in [1.54, 1.807) is 12.1 Å². The molecule has 1 fully saturated rings. The van der Waals surface area contributed by atoms with Gasteiger partial charge in [0.25, 0.3) is 0 Å². The van der Waals surface area contributed by atoms with Gasteiger partial charge in [0.15, 0.2) is 0 Å². The first kappa shape index (κ1) is 19.2. The fraction of sp³-hybridized carbons (Fsp3) is 0.529. The van der Waals surface area contributed by atoms with Crippen LogP contribution in [-0.4, -0.2) is 42.5 Å². The van der Waals surface area contributed by atoms with E-state index in [9.17, 15) is 27.2 Å². The van der Waals surface area contributed by atoms with E-state index in [-0.39, 0.29) is 37.2 Å². The highest BCUT2D eigenvalue weighted by atomic mass is 19.4. The first-order valence-corrected chi connectivity index (χ1v) is 8.13. The Kier molecular flexibility index (Phi) is 6.39. The second-order valence-electron chi connectivity index (χ2n) is 6.17. The maximum Gasteiger partial charge on any atom is 0.471 e. The third-order valence-electron chi connectivity index (χ3n) is 4.26. The van der Waals surface area contributed by atoms with E-state index in [0.717, 1.165) is 10.5 Å². The lowest BCUT2D eigenvalue weighted by atomic mass is 9.96. The molecule has 0 aromatic heterocycles. The average molecular weight is 360 g/mol. The van der Waals surface area contributed by atoms with Crippen LogP contribution in [0.1, 0.15) is 24.8 Å². The Hall–Kier alpha value is -2.12. The summed E-state index contributed by atoms with van der Waals surface area (Å²) in [6.45, 7) is 0.459. The van der Waals surface area contributed by atoms with Gasteiger partial charge < -0.3 is 10.2 Å². The molecule has 8 heteroatoms. The molecule has 0 spiro atoms. The van der Waals surface area contributed by atoms with Crippen LogP contribution in [0.3, 0.4) is 0 Å². The minimum absolute atomic E-state index is 0.0438. The second-order valence-corrected chi connectivity index (χ2v) is 6.17. The van der Waals surface area contributed by atoms with E-state index in [1.165, 1.54) is 12.1 Å². The van der Waals surface area contributed by atoms with Crippen molar-refractivity contribution in [3.05, 3.63) is 35.6 Å². The fourth-order valence-corrected chi connectivity index (χ4v) is 2.82. The van der Waals surface area contributed by atoms with Gasteiger partial charge in [0.2, 0.25) is 5.91 Å². The minimum Gasteiger partial charge on any atom is -0.356 e. The van der Waals surface area contributed by atoms with Crippen molar-refractivity contribution in [3.8, 4) is 0 Å². The Labute approximate surface area is 143 Å². The quantitative estimate of drug-likeness (QED) is 0.821. The topological polar surface area (TPSA) is 49.4 Å². The van der Waals surface area contributed by atoms with Gasteiger partial charge in [-0.25, -0.2) is 4.39 Å². The molecule has 0 atom stereocenters. The Morgan fingerprint density at radius 2 is 1.88 bits per heavy atom. The Bertz CT molecular complexity index is 611. The van der Waals surface area contributed by atoms with Crippen molar-refractivity contribution in [1.29, 1.82) is 0 Å². The molecule has 0 bridgehead atoms. The minimum atomic E-state index is -4.84. The molecule has 1 N–H and O–H groups in total. The van der Waals surface area contributed by atoms with Crippen LogP contribution in [0.25, 0.3) is 0 Å². The van der Waals surface area contributed by atoms with Gasteiger partial charge in [-0.3, -0.25) is 9.59 Å². The van der Waals surface area contributed by atoms with Gasteiger partial charge in [0, 0.05) is 26.1 Å². The Morgan fingerprint density at radius 1 is 1.20 bits per heavy atom. The smallest absolute Gasteiger partial charge is 0.356 e. The number of hydrogen-bond donors (Lipinski definition) is 1. The van der Waals surface area contributed by atoms with Crippen molar-refractivity contribution in [2.75, 3.05) is 19.6 Å². The zero-order chi connectivity index (χ0) is 18.4. The van der Waals surface area contributed by atoms with E-state index in [1.807, 2.05) is 0 Å². The van der Waals surface area contributed by atoms with Crippen LogP contribution >= 0.6 is 0 Å². The molecule has 25 heavy (non-hydrogen) atoms. The molecular formula is C17H20F4N2O2. The van der Waals surface area contributed by atoms with Crippen LogP contribution in [0.5, 0.6) is 0 Å². The number of alkyl halides is 3. The predicted molar refractivity (Wildman–Crippen MR) is 83.1 cm³/mol. The number of carbonyl (C=O) groups excluding carboxylic acids is 2. The molecule has 1 heterocycles. The van der Waals surface area contributed by atoms with Crippen molar-refractivity contribution < 1.29 is 27.2 Å². The van der Waals surface area contributed by atoms with Crippen molar-refractivity contribution >= 4 is 11.8 Å². The number of likely N-dealkylation sites (tertiary alicyclic amines) is 1. The highest BCUT2D eigenvalue weighted by Crippen LogP contribution is 2.23. The number of piperidine rings is 1. The molecule has 2 rings (SSSR count). The summed E-state index contributed by atoms with van der Waals surface area (Å²) in [7, 11) is 0. The average Bonchev–Trinajstić information content (AvgIpc) is 2.57. The van der Waals surface area contributed by atoms with Crippen molar-refractivity contribution in [2.45, 2.75) is 31.9 Å². The van der Waals surface area contributed by atoms with Gasteiger partial charge in [-0.1, -0.05) is 12.1 Å². The van der Waals surface area contributed by atoms with Gasteiger partial charge in [0.05, 0.1) is 0 Å². The van der Waals surface area contributed by atoms with Crippen LogP contribution in [0.4, 0.5) is 17.6 Å². The van der Waals surface area contributed by atoms with E-state index >= 15 is 0 Å². The third kappa shape index (κ3) is 6.03. The zero-order valence-corrected chi connectivity index (χ0v) is 13.6. The number of nitrogens with one attached hydrogen (secondary N) is 1. The van der Waals surface area contributed by atoms with Crippen LogP contribution < -0.4 is 5.32 Å². The Balaban J connectivity index is 1.67. The van der Waals surface area contributed by atoms with E-state index in [2.05, 4.69) is 5.32 Å². The van der Waals surface area contributed by atoms with Gasteiger partial charge in [-0.15, -0.1) is 0 Å². The molecule has 0 saturated carbocycles. The largest absolute Gasteiger partial charge is 0.471 e. The monoisotopic (exact) mass is 360 g/mol. The number of aryl methyl sites for hydroxylation is 1. The van der Waals surface area contributed by atoms with Crippen LogP contribution in [0.15, 0.2) is 24.3 Å². The Morgan fingerprint density at radius 3 is 2.48 bits per heavy atom. The molecule has 138 valence electrons. The number of rotatable bonds is 5. The van der Waals surface area contributed by atoms with Crippen molar-refractivity contribution in [2.24, 2.45) is 5.92 Å². The number of amides is 2. The number of halogens is 4. The molecule has 1 aromatic carbocycles. The van der Waals surface area contributed by atoms with Crippen molar-refractivity contribution in [3.63, 3.8) is 0 Å². The van der Waals surface area contributed by atoms with Gasteiger partial charge >= 0.3 is 12.1 Å². The lowest BCUT2D eigenvalue weighted by molar-refractivity contribution is -0.186. The van der Waals surface area contributed by atoms with E-state index in [4.69, 9.17) is 0 Å². The van der Waals surface area contributed by atoms with Crippen LogP contribution in [0, 0.1) is 11.7 Å². The van der Waals surface area contributed by atoms with E-state index in [0.29, 0.717) is 25.8 Å². The van der Waals surface area contributed by atoms with E-state index < -0.39 is 12.1 Å². The number of hydrogen-bond acceptors (Lipinski definition) is 2. The van der Waals surface area contributed by atoms with Crippen LogP contribution in [0.2, 0.25) is 0 Å². The van der Waals surface area contributed by atoms with Crippen molar-refractivity contribution in [1.82, 2.24) is 10.2 Å². The second kappa shape index (κ2) is 8.31. The molecular weight excluding hydrogens is 340 g/mol. The maximum absolute atomic E-state index is 13.0. The highest BCUT2D eigenvalue weighted by molar-refractivity contribution is 5.81. The highest BCUT2D eigenvalue weighted by Gasteiger charge is 2.43. The standard InChI is InChI=1S/C17H20F4N2O2/c18-14-3-1-2-12(10-14)4-5-15(24)22-11-13-6-8-23(9-7-13)16(25)17(19,20)21/h1-3,10,13H,4-9,11H2,(H,22,24). The first-order valence-electron chi connectivity index (χ1n) is 8.13. The zero-order valence-electron chi connectivity index (χ0n) is 13.6. The lowest BCUT2D eigenvalue weighted by Crippen LogP contribution is -2.46. The summed E-state index contributed by atoms with van der Waals surface area (Å²) in [6.07, 6.45) is -3.35. The number of benzene rings is 1. The SMILES string of the molecule is O=C(CCc1cccc(F)c1)NCC1CCN(C(=O)C(F)(F)F)CC1. The molecule has 0 unspecified atom stereocenters. The summed E-state index contributed by atoms with van der Waals surface area (Å²) >= 11 is 0. The predicted octanol–water partition coefficient (Wildman–Crippen LogP) is 2.68. The number of nitrogens with zero attached hydrogens (tertiary/aromatic N) is 1. The summed E-state index contributed by atoms with van der Waals surface area (Å²) in [5.41, 5.74) is 0.731. The van der Waals surface area contributed by atoms with Gasteiger partial charge in [-0.05, 0) is 42.9 Å². The van der Waals surface area contributed by atoms with Gasteiger partial charge in [-0.2, -0.15) is 13.2 Å². The van der Waals surface area contributed by atoms with Gasteiger partial charge in [0.1, 0.15) is 5.82 Å². The van der Waals surface area contributed by atoms with Crippen LogP contribution in [-0.2, 0) is 16.0 Å².